The molecule has 1 aliphatic heterocycles. The number of aliphatic carboxylic acids is 1. The lowest BCUT2D eigenvalue weighted by Crippen LogP contribution is -2.69. The van der Waals surface area contributed by atoms with Gasteiger partial charge >= 0.3 is 42.0 Å². The second-order valence-corrected chi connectivity index (χ2v) is 6.40. The van der Waals surface area contributed by atoms with Crippen molar-refractivity contribution in [2.24, 2.45) is 0 Å². The van der Waals surface area contributed by atoms with E-state index in [2.05, 4.69) is 9.47 Å². The molecule has 1 rings (SSSR count). The summed E-state index contributed by atoms with van der Waals surface area (Å²) < 4.78 is 165. The van der Waals surface area contributed by atoms with Crippen LogP contribution < -0.4 is 0 Å². The number of alkyl halides is 12. The zero-order chi connectivity index (χ0) is 25.7. The Morgan fingerprint density at radius 2 is 1.28 bits per heavy atom. The molecule has 0 bridgehead atoms. The zero-order valence-corrected chi connectivity index (χ0v) is 14.7. The van der Waals surface area contributed by atoms with Crippen molar-refractivity contribution in [2.75, 3.05) is 6.61 Å². The molecule has 0 spiro atoms. The van der Waals surface area contributed by atoms with Crippen molar-refractivity contribution in [1.82, 2.24) is 0 Å². The Balaban J connectivity index is 3.17. The molecule has 0 saturated carbocycles. The maximum absolute atomic E-state index is 13.6. The monoisotopic (exact) mass is 508 g/mol. The summed E-state index contributed by atoms with van der Waals surface area (Å²) in [6.45, 7) is -3.16. The van der Waals surface area contributed by atoms with Crippen molar-refractivity contribution >= 4 is 5.97 Å². The summed E-state index contributed by atoms with van der Waals surface area (Å²) in [7, 11) is 0. The van der Waals surface area contributed by atoms with Crippen molar-refractivity contribution < 1.29 is 87.4 Å². The van der Waals surface area contributed by atoms with Gasteiger partial charge in [-0.1, -0.05) is 0 Å². The molecule has 0 aromatic rings. The number of hydrogen-bond acceptors (Lipinski definition) is 6. The van der Waals surface area contributed by atoms with Gasteiger partial charge in [0.2, 0.25) is 0 Å². The maximum atomic E-state index is 13.6. The number of rotatable bonds is 9. The van der Waals surface area contributed by atoms with Gasteiger partial charge in [-0.05, 0) is 0 Å². The highest BCUT2D eigenvalue weighted by molar-refractivity contribution is 5.73. The first-order chi connectivity index (χ1) is 14.1. The van der Waals surface area contributed by atoms with Gasteiger partial charge in [-0.15, -0.1) is 0 Å². The van der Waals surface area contributed by atoms with Crippen LogP contribution in [0.15, 0.2) is 0 Å². The highest BCUT2D eigenvalue weighted by Crippen LogP contribution is 2.58. The van der Waals surface area contributed by atoms with Gasteiger partial charge in [-0.25, -0.2) is 13.6 Å². The van der Waals surface area contributed by atoms with Crippen LogP contribution in [0.4, 0.5) is 52.7 Å². The molecule has 32 heavy (non-hydrogen) atoms. The van der Waals surface area contributed by atoms with Gasteiger partial charge in [-0.2, -0.15) is 43.9 Å². The van der Waals surface area contributed by atoms with Crippen LogP contribution >= 0.6 is 0 Å². The van der Waals surface area contributed by atoms with Crippen LogP contribution in [0.1, 0.15) is 0 Å². The third kappa shape index (κ3) is 4.31. The van der Waals surface area contributed by atoms with Gasteiger partial charge in [0.1, 0.15) is 24.9 Å². The lowest BCUT2D eigenvalue weighted by Gasteiger charge is -2.41. The van der Waals surface area contributed by atoms with E-state index in [1.165, 1.54) is 0 Å². The Morgan fingerprint density at radius 3 is 1.69 bits per heavy atom. The minimum absolute atomic E-state index is 2.13. The SMILES string of the molecule is O=C(O)[C@H]1O[C@@H](OCC(F)(F)C(F)(F)C(F)(F)C(F)(F)C(F)(F)C(F)F)[C@H](O)[C@@H](O)[C@@H]1O. The Kier molecular flexibility index (Phi) is 7.70. The minimum atomic E-state index is -7.81. The molecule has 1 saturated heterocycles. The summed E-state index contributed by atoms with van der Waals surface area (Å²) in [5.41, 5.74) is 0. The van der Waals surface area contributed by atoms with Crippen molar-refractivity contribution in [3.8, 4) is 0 Å². The van der Waals surface area contributed by atoms with Gasteiger partial charge < -0.3 is 29.9 Å². The van der Waals surface area contributed by atoms with Crippen LogP contribution in [0.3, 0.4) is 0 Å². The zero-order valence-electron chi connectivity index (χ0n) is 14.7. The van der Waals surface area contributed by atoms with E-state index in [1.54, 1.807) is 0 Å². The van der Waals surface area contributed by atoms with E-state index in [0.29, 0.717) is 0 Å². The third-order valence-electron chi connectivity index (χ3n) is 4.18. The Bertz CT molecular complexity index is 688. The van der Waals surface area contributed by atoms with Gasteiger partial charge in [-0.3, -0.25) is 0 Å². The van der Waals surface area contributed by atoms with Gasteiger partial charge in [0.15, 0.2) is 12.4 Å². The summed E-state index contributed by atoms with van der Waals surface area (Å²) in [4.78, 5) is 10.8. The van der Waals surface area contributed by atoms with Crippen molar-refractivity contribution in [3.05, 3.63) is 0 Å². The molecule has 1 fully saturated rings. The second kappa shape index (κ2) is 8.65. The molecule has 0 aliphatic carbocycles. The molecular weight excluding hydrogens is 496 g/mol. The Hall–Kier alpha value is -1.57. The molecule has 0 aromatic heterocycles. The summed E-state index contributed by atoms with van der Waals surface area (Å²) >= 11 is 0. The summed E-state index contributed by atoms with van der Waals surface area (Å²) in [6, 6.07) is 0. The van der Waals surface area contributed by atoms with Crippen molar-refractivity contribution in [2.45, 2.75) is 66.7 Å². The summed E-state index contributed by atoms with van der Waals surface area (Å²) in [6.07, 6.45) is -18.8. The molecule has 0 amide bonds. The second-order valence-electron chi connectivity index (χ2n) is 6.40. The molecule has 0 radical (unpaired) electrons. The van der Waals surface area contributed by atoms with Crippen LogP contribution in [0.25, 0.3) is 0 Å². The van der Waals surface area contributed by atoms with E-state index in [1.807, 2.05) is 0 Å². The first kappa shape index (κ1) is 28.5. The summed E-state index contributed by atoms with van der Waals surface area (Å²) in [5, 5.41) is 36.8. The number of aliphatic hydroxyl groups excluding tert-OH is 3. The number of ether oxygens (including phenoxy) is 2. The van der Waals surface area contributed by atoms with E-state index in [-0.39, 0.29) is 0 Å². The molecule has 5 atom stereocenters. The fraction of sp³-hybridized carbons (Fsp3) is 0.923. The van der Waals surface area contributed by atoms with E-state index >= 15 is 0 Å². The number of hydrogen-bond donors (Lipinski definition) is 4. The maximum Gasteiger partial charge on any atom is 0.384 e. The summed E-state index contributed by atoms with van der Waals surface area (Å²) in [5.74, 6) is -38.9. The fourth-order valence-electron chi connectivity index (χ4n) is 2.24. The number of aliphatic hydroxyl groups is 3. The number of carbonyl (C=O) groups is 1. The van der Waals surface area contributed by atoms with Crippen LogP contribution in [-0.2, 0) is 14.3 Å². The molecular formula is C13H12F12O7. The molecule has 1 aliphatic rings. The molecule has 7 nitrogen and oxygen atoms in total. The fourth-order valence-corrected chi connectivity index (χ4v) is 2.24. The van der Waals surface area contributed by atoms with Crippen LogP contribution in [-0.4, -0.2) is 99.7 Å². The Morgan fingerprint density at radius 1 is 0.812 bits per heavy atom. The quantitative estimate of drug-likeness (QED) is 0.348. The average Bonchev–Trinajstić information content (AvgIpc) is 2.64. The van der Waals surface area contributed by atoms with E-state index in [4.69, 9.17) is 5.11 Å². The predicted molar refractivity (Wildman–Crippen MR) is 71.0 cm³/mol. The van der Waals surface area contributed by atoms with E-state index < -0.39 is 79.3 Å². The smallest absolute Gasteiger partial charge is 0.384 e. The van der Waals surface area contributed by atoms with E-state index in [0.717, 1.165) is 0 Å². The molecule has 1 heterocycles. The van der Waals surface area contributed by atoms with Crippen molar-refractivity contribution in [3.63, 3.8) is 0 Å². The van der Waals surface area contributed by atoms with E-state index in [9.17, 15) is 72.8 Å². The van der Waals surface area contributed by atoms with Gasteiger partial charge in [0, 0.05) is 0 Å². The highest BCUT2D eigenvalue weighted by atomic mass is 19.4. The average molecular weight is 508 g/mol. The number of carboxylic acid groups (broad SMARTS) is 1. The first-order valence-electron chi connectivity index (χ1n) is 7.79. The van der Waals surface area contributed by atoms with Crippen LogP contribution in [0.5, 0.6) is 0 Å². The number of carboxylic acids is 1. The molecule has 4 N–H and O–H groups in total. The van der Waals surface area contributed by atoms with Crippen LogP contribution in [0, 0.1) is 0 Å². The van der Waals surface area contributed by atoms with Gasteiger partial charge in [0.25, 0.3) is 0 Å². The third-order valence-corrected chi connectivity index (χ3v) is 4.18. The molecule has 19 heteroatoms. The number of halogens is 12. The van der Waals surface area contributed by atoms with Crippen molar-refractivity contribution in [1.29, 1.82) is 0 Å². The van der Waals surface area contributed by atoms with Gasteiger partial charge in [0.05, 0.1) is 0 Å². The Labute approximate surface area is 168 Å². The standard InChI is InChI=1S/C13H12F12O7/c14-8(15)10(18,19)12(22,23)13(24,25)11(20,21)9(16,17)1-31-7-4(28)2(26)3(27)5(32-7)6(29)30/h2-5,7-8,26-28H,1H2,(H,29,30)/t2-,3-,4+,5-,7+/m0/s1. The molecule has 0 unspecified atom stereocenters. The minimum Gasteiger partial charge on any atom is -0.479 e. The molecule has 190 valence electrons. The first-order valence-corrected chi connectivity index (χ1v) is 7.79. The topological polar surface area (TPSA) is 116 Å². The largest absolute Gasteiger partial charge is 0.479 e. The highest BCUT2D eigenvalue weighted by Gasteiger charge is 2.87. The normalized spacial score (nSPS) is 28.8. The lowest BCUT2D eigenvalue weighted by molar-refractivity contribution is -0.419. The molecule has 0 aromatic carbocycles. The van der Waals surface area contributed by atoms with Crippen LogP contribution in [0.2, 0.25) is 0 Å². The lowest BCUT2D eigenvalue weighted by atomic mass is 9.94. The predicted octanol–water partition coefficient (Wildman–Crippen LogP) is 1.34.